The maximum Gasteiger partial charge on any atom is 0.253 e. The Bertz CT molecular complexity index is 1010. The van der Waals surface area contributed by atoms with Crippen molar-refractivity contribution in [1.29, 1.82) is 0 Å². The zero-order chi connectivity index (χ0) is 22.0. The van der Waals surface area contributed by atoms with Gasteiger partial charge in [0, 0.05) is 41.5 Å². The molecule has 0 radical (unpaired) electrons. The van der Waals surface area contributed by atoms with Gasteiger partial charge in [-0.3, -0.25) is 9.59 Å². The maximum absolute atomic E-state index is 12.9. The van der Waals surface area contributed by atoms with Crippen LogP contribution in [0.25, 0.3) is 0 Å². The molecule has 5 nitrogen and oxygen atoms in total. The second-order valence-corrected chi connectivity index (χ2v) is 9.15. The van der Waals surface area contributed by atoms with Gasteiger partial charge in [-0.2, -0.15) is 0 Å². The van der Waals surface area contributed by atoms with E-state index in [1.54, 1.807) is 12.1 Å². The summed E-state index contributed by atoms with van der Waals surface area (Å²) in [5, 5.41) is 3.48. The van der Waals surface area contributed by atoms with Gasteiger partial charge < -0.3 is 10.2 Å². The average molecular weight is 436 g/mol. The van der Waals surface area contributed by atoms with E-state index < -0.39 is 0 Å². The Hall–Kier alpha value is -2.84. The Morgan fingerprint density at radius 1 is 1.16 bits per heavy atom. The molecule has 0 unspecified atom stereocenters. The van der Waals surface area contributed by atoms with E-state index in [2.05, 4.69) is 16.2 Å². The fourth-order valence-corrected chi connectivity index (χ4v) is 5.06. The number of benzene rings is 1. The summed E-state index contributed by atoms with van der Waals surface area (Å²) in [5.74, 6) is 2.54. The van der Waals surface area contributed by atoms with Crippen LogP contribution < -0.4 is 5.32 Å². The third-order valence-corrected chi connectivity index (χ3v) is 6.78. The SMILES string of the molecule is C#Cc1ccc(C(=O)N2CCC3(CCC(NC(=O)c4cc(C)nc(Cl)c4)CC3)C2)cc1. The first-order chi connectivity index (χ1) is 14.9. The van der Waals surface area contributed by atoms with Gasteiger partial charge in [-0.15, -0.1) is 6.42 Å². The highest BCUT2D eigenvalue weighted by Gasteiger charge is 2.42. The summed E-state index contributed by atoms with van der Waals surface area (Å²) in [7, 11) is 0. The normalized spacial score (nSPS) is 22.9. The maximum atomic E-state index is 12.9. The molecule has 0 atom stereocenters. The van der Waals surface area contributed by atoms with Crippen LogP contribution >= 0.6 is 11.6 Å². The van der Waals surface area contributed by atoms with Crippen LogP contribution in [0, 0.1) is 24.7 Å². The number of aromatic nitrogens is 1. The van der Waals surface area contributed by atoms with Crippen LogP contribution in [0.2, 0.25) is 5.15 Å². The van der Waals surface area contributed by atoms with Gasteiger partial charge >= 0.3 is 0 Å². The molecule has 1 N–H and O–H groups in total. The Balaban J connectivity index is 1.32. The summed E-state index contributed by atoms with van der Waals surface area (Å²) in [6, 6.07) is 10.7. The van der Waals surface area contributed by atoms with Crippen molar-refractivity contribution in [2.45, 2.75) is 45.1 Å². The minimum absolute atomic E-state index is 0.0702. The summed E-state index contributed by atoms with van der Waals surface area (Å²) >= 11 is 5.99. The van der Waals surface area contributed by atoms with Crippen molar-refractivity contribution >= 4 is 23.4 Å². The van der Waals surface area contributed by atoms with Crippen LogP contribution in [-0.2, 0) is 0 Å². The third kappa shape index (κ3) is 4.75. The molecule has 1 spiro atoms. The number of pyridine rings is 1. The standard InChI is InChI=1S/C25H26ClN3O2/c1-3-18-4-6-19(7-5-18)24(31)29-13-12-25(16-29)10-8-21(9-11-25)28-23(30)20-14-17(2)27-22(26)15-20/h1,4-7,14-15,21H,8-13,16H2,2H3,(H,28,30). The van der Waals surface area contributed by atoms with E-state index in [1.165, 1.54) is 0 Å². The average Bonchev–Trinajstić information content (AvgIpc) is 3.18. The monoisotopic (exact) mass is 435 g/mol. The fraction of sp³-hybridized carbons (Fsp3) is 0.400. The molecule has 160 valence electrons. The summed E-state index contributed by atoms with van der Waals surface area (Å²) in [4.78, 5) is 31.6. The van der Waals surface area contributed by atoms with E-state index >= 15 is 0 Å². The first kappa shape index (κ1) is 21.4. The Morgan fingerprint density at radius 3 is 2.52 bits per heavy atom. The number of amides is 2. The van der Waals surface area contributed by atoms with Gasteiger partial charge in [-0.05, 0) is 80.8 Å². The van der Waals surface area contributed by atoms with Crippen LogP contribution in [0.1, 0.15) is 64.1 Å². The smallest absolute Gasteiger partial charge is 0.253 e. The molecule has 1 aliphatic heterocycles. The van der Waals surface area contributed by atoms with Crippen molar-refractivity contribution in [3.05, 3.63) is 63.9 Å². The molecular weight excluding hydrogens is 410 g/mol. The minimum atomic E-state index is -0.105. The van der Waals surface area contributed by atoms with Gasteiger partial charge in [0.25, 0.3) is 11.8 Å². The highest BCUT2D eigenvalue weighted by Crippen LogP contribution is 2.44. The Kier molecular flexibility index (Phi) is 6.02. The molecule has 1 aromatic carbocycles. The second-order valence-electron chi connectivity index (χ2n) is 8.77. The number of nitrogens with one attached hydrogen (secondary N) is 1. The molecule has 2 heterocycles. The van der Waals surface area contributed by atoms with E-state index in [9.17, 15) is 9.59 Å². The molecule has 2 aliphatic rings. The number of halogens is 1. The Labute approximate surface area is 188 Å². The van der Waals surface area contributed by atoms with Crippen molar-refractivity contribution in [2.75, 3.05) is 13.1 Å². The number of terminal acetylenes is 1. The number of aryl methyl sites for hydroxylation is 1. The number of carbonyl (C=O) groups is 2. The molecule has 2 aromatic rings. The third-order valence-electron chi connectivity index (χ3n) is 6.59. The van der Waals surface area contributed by atoms with Gasteiger partial charge in [0.15, 0.2) is 0 Å². The molecule has 2 fully saturated rings. The number of carbonyl (C=O) groups excluding carboxylic acids is 2. The predicted octanol–water partition coefficient (Wildman–Crippen LogP) is 4.23. The first-order valence-electron chi connectivity index (χ1n) is 10.7. The summed E-state index contributed by atoms with van der Waals surface area (Å²) < 4.78 is 0. The summed E-state index contributed by atoms with van der Waals surface area (Å²) in [6.45, 7) is 3.38. The van der Waals surface area contributed by atoms with Crippen LogP contribution in [0.4, 0.5) is 0 Å². The lowest BCUT2D eigenvalue weighted by atomic mass is 9.72. The molecule has 2 amide bonds. The van der Waals surface area contributed by atoms with Gasteiger partial charge in [-0.1, -0.05) is 17.5 Å². The molecule has 1 saturated carbocycles. The number of rotatable bonds is 3. The molecule has 1 saturated heterocycles. The van der Waals surface area contributed by atoms with Gasteiger partial charge in [-0.25, -0.2) is 4.98 Å². The van der Waals surface area contributed by atoms with E-state index in [1.807, 2.05) is 36.1 Å². The van der Waals surface area contributed by atoms with E-state index in [0.29, 0.717) is 16.3 Å². The Morgan fingerprint density at radius 2 is 1.87 bits per heavy atom. The van der Waals surface area contributed by atoms with Crippen LogP contribution in [0.15, 0.2) is 36.4 Å². The molecule has 0 bridgehead atoms. The number of nitrogens with zero attached hydrogens (tertiary/aromatic N) is 2. The first-order valence-corrected chi connectivity index (χ1v) is 11.1. The number of likely N-dealkylation sites (tertiary alicyclic amines) is 1. The lowest BCUT2D eigenvalue weighted by Crippen LogP contribution is -2.42. The van der Waals surface area contributed by atoms with E-state index in [4.69, 9.17) is 18.0 Å². The van der Waals surface area contributed by atoms with E-state index in [0.717, 1.165) is 56.5 Å². The van der Waals surface area contributed by atoms with Gasteiger partial charge in [0.1, 0.15) is 5.15 Å². The molecular formula is C25H26ClN3O2. The van der Waals surface area contributed by atoms with Gasteiger partial charge in [0.2, 0.25) is 0 Å². The largest absolute Gasteiger partial charge is 0.349 e. The van der Waals surface area contributed by atoms with Crippen molar-refractivity contribution < 1.29 is 9.59 Å². The lowest BCUT2D eigenvalue weighted by molar-refractivity contribution is 0.0750. The van der Waals surface area contributed by atoms with E-state index in [-0.39, 0.29) is 23.3 Å². The quantitative estimate of drug-likeness (QED) is 0.579. The molecule has 31 heavy (non-hydrogen) atoms. The zero-order valence-corrected chi connectivity index (χ0v) is 18.4. The van der Waals surface area contributed by atoms with Crippen LogP contribution in [0.5, 0.6) is 0 Å². The van der Waals surface area contributed by atoms with Crippen molar-refractivity contribution in [1.82, 2.24) is 15.2 Å². The second kappa shape index (κ2) is 8.72. The molecule has 6 heteroatoms. The molecule has 4 rings (SSSR count). The minimum Gasteiger partial charge on any atom is -0.349 e. The molecule has 1 aliphatic carbocycles. The van der Waals surface area contributed by atoms with Crippen molar-refractivity contribution in [3.8, 4) is 12.3 Å². The lowest BCUT2D eigenvalue weighted by Gasteiger charge is -2.37. The highest BCUT2D eigenvalue weighted by molar-refractivity contribution is 6.29. The highest BCUT2D eigenvalue weighted by atomic mass is 35.5. The summed E-state index contributed by atoms with van der Waals surface area (Å²) in [5.41, 5.74) is 2.89. The van der Waals surface area contributed by atoms with Crippen LogP contribution in [0.3, 0.4) is 0 Å². The number of hydrogen-bond acceptors (Lipinski definition) is 3. The molecule has 1 aromatic heterocycles. The van der Waals surface area contributed by atoms with Crippen molar-refractivity contribution in [3.63, 3.8) is 0 Å². The fourth-order valence-electron chi connectivity index (χ4n) is 4.81. The van der Waals surface area contributed by atoms with Crippen molar-refractivity contribution in [2.24, 2.45) is 5.41 Å². The summed E-state index contributed by atoms with van der Waals surface area (Å²) in [6.07, 6.45) is 10.3. The topological polar surface area (TPSA) is 62.3 Å². The zero-order valence-electron chi connectivity index (χ0n) is 17.7. The predicted molar refractivity (Wildman–Crippen MR) is 121 cm³/mol. The van der Waals surface area contributed by atoms with Gasteiger partial charge in [0.05, 0.1) is 0 Å². The van der Waals surface area contributed by atoms with Crippen LogP contribution in [-0.4, -0.2) is 40.8 Å². The number of hydrogen-bond donors (Lipinski definition) is 1.